The molecule has 0 fully saturated rings. The number of hydrogen-bond acceptors (Lipinski definition) is 2. The summed E-state index contributed by atoms with van der Waals surface area (Å²) < 4.78 is 13.6. The van der Waals surface area contributed by atoms with Gasteiger partial charge in [0.15, 0.2) is 0 Å². The third-order valence-corrected chi connectivity index (χ3v) is 3.60. The molecule has 3 nitrogen and oxygen atoms in total. The molecule has 18 heavy (non-hydrogen) atoms. The predicted molar refractivity (Wildman–Crippen MR) is 74.9 cm³/mol. The second kappa shape index (κ2) is 6.18. The van der Waals surface area contributed by atoms with E-state index in [1.54, 1.807) is 11.9 Å². The van der Waals surface area contributed by atoms with Crippen molar-refractivity contribution in [1.29, 1.82) is 0 Å². The highest BCUT2D eigenvalue weighted by atomic mass is 79.9. The molecule has 0 bridgehead atoms. The van der Waals surface area contributed by atoms with Crippen molar-refractivity contribution < 1.29 is 9.18 Å². The zero-order valence-electron chi connectivity index (χ0n) is 10.8. The van der Waals surface area contributed by atoms with E-state index in [1.807, 2.05) is 0 Å². The molecular formula is C13H18BrFN2O. The monoisotopic (exact) mass is 316 g/mol. The molecular weight excluding hydrogens is 299 g/mol. The van der Waals surface area contributed by atoms with Gasteiger partial charge >= 0.3 is 0 Å². The van der Waals surface area contributed by atoms with E-state index in [1.165, 1.54) is 12.1 Å². The van der Waals surface area contributed by atoms with Crippen molar-refractivity contribution in [2.24, 2.45) is 5.92 Å². The first-order valence-corrected chi connectivity index (χ1v) is 6.66. The summed E-state index contributed by atoms with van der Waals surface area (Å²) in [6.07, 6.45) is 1.00. The molecule has 100 valence electrons. The van der Waals surface area contributed by atoms with Gasteiger partial charge in [0, 0.05) is 18.1 Å². The lowest BCUT2D eigenvalue weighted by atomic mass is 10.1. The third kappa shape index (κ3) is 3.45. The molecule has 5 heteroatoms. The lowest BCUT2D eigenvalue weighted by Crippen LogP contribution is -2.31. The highest BCUT2D eigenvalue weighted by molar-refractivity contribution is 9.10. The van der Waals surface area contributed by atoms with Crippen LogP contribution in [0, 0.1) is 11.7 Å². The minimum absolute atomic E-state index is 0.0153. The van der Waals surface area contributed by atoms with Crippen LogP contribution >= 0.6 is 15.9 Å². The van der Waals surface area contributed by atoms with Gasteiger partial charge in [-0.05, 0) is 34.0 Å². The molecule has 1 aromatic rings. The van der Waals surface area contributed by atoms with Crippen LogP contribution in [0.3, 0.4) is 0 Å². The SMILES string of the molecule is CCC(C)CN(C)C(=O)c1cc(N)c(F)cc1Br. The molecule has 0 spiro atoms. The number of anilines is 1. The van der Waals surface area contributed by atoms with Gasteiger partial charge < -0.3 is 10.6 Å². The topological polar surface area (TPSA) is 46.3 Å². The van der Waals surface area contributed by atoms with Crippen LogP contribution in [-0.2, 0) is 0 Å². The Kier molecular flexibility index (Phi) is 5.14. The zero-order chi connectivity index (χ0) is 13.9. The maximum Gasteiger partial charge on any atom is 0.254 e. The highest BCUT2D eigenvalue weighted by Crippen LogP contribution is 2.24. The van der Waals surface area contributed by atoms with Crippen molar-refractivity contribution in [3.05, 3.63) is 28.0 Å². The fourth-order valence-corrected chi connectivity index (χ4v) is 2.10. The Morgan fingerprint density at radius 3 is 2.72 bits per heavy atom. The second-order valence-corrected chi connectivity index (χ2v) is 5.41. The summed E-state index contributed by atoms with van der Waals surface area (Å²) in [6, 6.07) is 2.59. The number of carbonyl (C=O) groups is 1. The summed E-state index contributed by atoms with van der Waals surface area (Å²) in [5, 5.41) is 0. The van der Waals surface area contributed by atoms with Crippen LogP contribution in [-0.4, -0.2) is 24.4 Å². The summed E-state index contributed by atoms with van der Waals surface area (Å²) in [4.78, 5) is 13.8. The van der Waals surface area contributed by atoms with Gasteiger partial charge in [0.2, 0.25) is 0 Å². The molecule has 0 saturated carbocycles. The molecule has 1 atom stereocenters. The molecule has 0 aromatic heterocycles. The summed E-state index contributed by atoms with van der Waals surface area (Å²) in [7, 11) is 1.74. The quantitative estimate of drug-likeness (QED) is 0.866. The fourth-order valence-electron chi connectivity index (χ4n) is 1.61. The molecule has 0 aliphatic heterocycles. The smallest absolute Gasteiger partial charge is 0.254 e. The number of halogens is 2. The number of hydrogen-bond donors (Lipinski definition) is 1. The number of amides is 1. The maximum atomic E-state index is 13.2. The number of benzene rings is 1. The number of carbonyl (C=O) groups excluding carboxylic acids is 1. The van der Waals surface area contributed by atoms with Crippen molar-refractivity contribution in [2.45, 2.75) is 20.3 Å². The van der Waals surface area contributed by atoms with Gasteiger partial charge in [0.25, 0.3) is 5.91 Å². The van der Waals surface area contributed by atoms with Gasteiger partial charge in [-0.15, -0.1) is 0 Å². The molecule has 1 unspecified atom stereocenters. The first-order chi connectivity index (χ1) is 8.36. The average molecular weight is 317 g/mol. The fraction of sp³-hybridized carbons (Fsp3) is 0.462. The van der Waals surface area contributed by atoms with Gasteiger partial charge in [0.1, 0.15) is 5.82 Å². The average Bonchev–Trinajstić information content (AvgIpc) is 2.32. The van der Waals surface area contributed by atoms with Crippen molar-refractivity contribution in [3.63, 3.8) is 0 Å². The Morgan fingerprint density at radius 2 is 2.17 bits per heavy atom. The van der Waals surface area contributed by atoms with E-state index in [-0.39, 0.29) is 11.6 Å². The number of nitrogens with zero attached hydrogens (tertiary/aromatic N) is 1. The summed E-state index contributed by atoms with van der Waals surface area (Å²) in [5.41, 5.74) is 5.86. The molecule has 0 aliphatic carbocycles. The second-order valence-electron chi connectivity index (χ2n) is 4.55. The van der Waals surface area contributed by atoms with E-state index in [9.17, 15) is 9.18 Å². The Hall–Kier alpha value is -1.10. The highest BCUT2D eigenvalue weighted by Gasteiger charge is 2.18. The van der Waals surface area contributed by atoms with E-state index >= 15 is 0 Å². The molecule has 0 radical (unpaired) electrons. The van der Waals surface area contributed by atoms with E-state index in [2.05, 4.69) is 29.8 Å². The predicted octanol–water partition coefficient (Wildman–Crippen LogP) is 3.29. The van der Waals surface area contributed by atoms with E-state index in [4.69, 9.17) is 5.73 Å². The Balaban J connectivity index is 2.93. The van der Waals surface area contributed by atoms with E-state index < -0.39 is 5.82 Å². The largest absolute Gasteiger partial charge is 0.396 e. The zero-order valence-corrected chi connectivity index (χ0v) is 12.4. The van der Waals surface area contributed by atoms with Crippen molar-refractivity contribution in [3.8, 4) is 0 Å². The third-order valence-electron chi connectivity index (χ3n) is 2.95. The number of nitrogen functional groups attached to an aromatic ring is 1. The molecule has 0 heterocycles. The van der Waals surface area contributed by atoms with Crippen LogP contribution in [0.4, 0.5) is 10.1 Å². The first kappa shape index (κ1) is 15.0. The van der Waals surface area contributed by atoms with Gasteiger partial charge in [0.05, 0.1) is 11.3 Å². The normalized spacial score (nSPS) is 12.3. The van der Waals surface area contributed by atoms with Crippen LogP contribution in [0.25, 0.3) is 0 Å². The van der Waals surface area contributed by atoms with Crippen LogP contribution < -0.4 is 5.73 Å². The van der Waals surface area contributed by atoms with Gasteiger partial charge in [-0.25, -0.2) is 4.39 Å². The van der Waals surface area contributed by atoms with Gasteiger partial charge in [-0.2, -0.15) is 0 Å². The number of nitrogens with two attached hydrogens (primary N) is 1. The van der Waals surface area contributed by atoms with Crippen LogP contribution in [0.5, 0.6) is 0 Å². The summed E-state index contributed by atoms with van der Waals surface area (Å²) in [6.45, 7) is 4.83. The minimum Gasteiger partial charge on any atom is -0.396 e. The van der Waals surface area contributed by atoms with E-state index in [0.717, 1.165) is 6.42 Å². The standard InChI is InChI=1S/C13H18BrFN2O/c1-4-8(2)7-17(3)13(18)9-5-12(16)11(15)6-10(9)14/h5-6,8H,4,7,16H2,1-3H3. The number of rotatable bonds is 4. The first-order valence-electron chi connectivity index (χ1n) is 5.86. The van der Waals surface area contributed by atoms with Crippen LogP contribution in [0.15, 0.2) is 16.6 Å². The van der Waals surface area contributed by atoms with Gasteiger partial charge in [-0.3, -0.25) is 4.79 Å². The molecule has 1 amide bonds. The minimum atomic E-state index is -0.525. The van der Waals surface area contributed by atoms with Crippen molar-refractivity contribution in [2.75, 3.05) is 19.3 Å². The summed E-state index contributed by atoms with van der Waals surface area (Å²) in [5.74, 6) is -0.257. The van der Waals surface area contributed by atoms with E-state index in [0.29, 0.717) is 22.5 Å². The molecule has 1 rings (SSSR count). The van der Waals surface area contributed by atoms with Crippen molar-refractivity contribution in [1.82, 2.24) is 4.90 Å². The molecule has 2 N–H and O–H groups in total. The van der Waals surface area contributed by atoms with Crippen molar-refractivity contribution >= 4 is 27.5 Å². The summed E-state index contributed by atoms with van der Waals surface area (Å²) >= 11 is 3.19. The Labute approximate surface area is 115 Å². The Morgan fingerprint density at radius 1 is 1.56 bits per heavy atom. The lowest BCUT2D eigenvalue weighted by Gasteiger charge is -2.21. The van der Waals surface area contributed by atoms with Crippen LogP contribution in [0.2, 0.25) is 0 Å². The molecule has 0 saturated heterocycles. The van der Waals surface area contributed by atoms with Gasteiger partial charge in [-0.1, -0.05) is 20.3 Å². The maximum absolute atomic E-state index is 13.2. The Bertz CT molecular complexity index is 451. The van der Waals surface area contributed by atoms with Crippen LogP contribution in [0.1, 0.15) is 30.6 Å². The lowest BCUT2D eigenvalue weighted by molar-refractivity contribution is 0.0774. The molecule has 0 aliphatic rings. The molecule has 1 aromatic carbocycles.